The van der Waals surface area contributed by atoms with Gasteiger partial charge in [0.2, 0.25) is 5.90 Å². The third kappa shape index (κ3) is 4.43. The first-order chi connectivity index (χ1) is 12.8. The Kier molecular flexibility index (Phi) is 5.41. The molecule has 0 saturated heterocycles. The third-order valence-electron chi connectivity index (χ3n) is 3.86. The number of carbonyl (C=O) groups excluding carboxylic acids is 1. The van der Waals surface area contributed by atoms with E-state index in [4.69, 9.17) is 21.1 Å². The summed E-state index contributed by atoms with van der Waals surface area (Å²) in [5.41, 5.74) is 1.33. The van der Waals surface area contributed by atoms with Gasteiger partial charge in [-0.05, 0) is 37.6 Å². The minimum absolute atomic E-state index is 0.00436. The van der Waals surface area contributed by atoms with Crippen LogP contribution in [0.5, 0.6) is 5.75 Å². The van der Waals surface area contributed by atoms with Crippen LogP contribution in [-0.2, 0) is 16.0 Å². The first kappa shape index (κ1) is 18.8. The molecule has 1 unspecified atom stereocenters. The van der Waals surface area contributed by atoms with Crippen LogP contribution in [0.4, 0.5) is 5.69 Å². The molecule has 8 heteroatoms. The molecule has 0 radical (unpaired) electrons. The number of nitro benzene ring substituents is 1. The van der Waals surface area contributed by atoms with Crippen LogP contribution in [0, 0.1) is 10.1 Å². The smallest absolute Gasteiger partial charge is 0.338 e. The Morgan fingerprint density at radius 1 is 1.26 bits per heavy atom. The Hall–Kier alpha value is -2.93. The van der Waals surface area contributed by atoms with Crippen LogP contribution in [0.2, 0.25) is 5.02 Å². The highest BCUT2D eigenvalue weighted by molar-refractivity contribution is 6.32. The van der Waals surface area contributed by atoms with Crippen LogP contribution in [0.25, 0.3) is 0 Å². The zero-order valence-corrected chi connectivity index (χ0v) is 15.5. The van der Waals surface area contributed by atoms with Crippen LogP contribution >= 0.6 is 11.6 Å². The van der Waals surface area contributed by atoms with Crippen molar-refractivity contribution in [2.24, 2.45) is 4.99 Å². The van der Waals surface area contributed by atoms with Gasteiger partial charge in [0, 0.05) is 24.1 Å². The van der Waals surface area contributed by atoms with Crippen molar-refractivity contribution in [3.8, 4) is 5.75 Å². The lowest BCUT2D eigenvalue weighted by Gasteiger charge is -2.11. The molecule has 7 nitrogen and oxygen atoms in total. The molecule has 140 valence electrons. The second-order valence-electron chi connectivity index (χ2n) is 6.31. The Morgan fingerprint density at radius 3 is 2.56 bits per heavy atom. The van der Waals surface area contributed by atoms with Crippen molar-refractivity contribution in [2.75, 3.05) is 0 Å². The molecule has 27 heavy (non-hydrogen) atoms. The molecule has 2 aromatic rings. The molecule has 1 atom stereocenters. The fourth-order valence-electron chi connectivity index (χ4n) is 2.61. The number of benzene rings is 2. The quantitative estimate of drug-likeness (QED) is 0.424. The minimum Gasteiger partial charge on any atom is -0.489 e. The van der Waals surface area contributed by atoms with Gasteiger partial charge < -0.3 is 9.47 Å². The van der Waals surface area contributed by atoms with Crippen molar-refractivity contribution in [1.29, 1.82) is 0 Å². The van der Waals surface area contributed by atoms with E-state index in [1.807, 2.05) is 13.8 Å². The molecule has 0 fully saturated rings. The topological polar surface area (TPSA) is 91.0 Å². The molecule has 1 heterocycles. The molecular weight excluding hydrogens is 372 g/mol. The average molecular weight is 389 g/mol. The fraction of sp³-hybridized carbons (Fsp3) is 0.263. The number of halogens is 1. The number of nitro groups is 1. The van der Waals surface area contributed by atoms with Crippen molar-refractivity contribution < 1.29 is 19.2 Å². The van der Waals surface area contributed by atoms with Crippen LogP contribution in [0.1, 0.15) is 25.0 Å². The average Bonchev–Trinajstić information content (AvgIpc) is 2.97. The Balaban J connectivity index is 1.75. The zero-order valence-electron chi connectivity index (χ0n) is 14.7. The lowest BCUT2D eigenvalue weighted by atomic mass is 10.1. The predicted molar refractivity (Wildman–Crippen MR) is 100 cm³/mol. The van der Waals surface area contributed by atoms with Crippen molar-refractivity contribution >= 4 is 29.2 Å². The summed E-state index contributed by atoms with van der Waals surface area (Å²) in [5, 5.41) is 11.1. The number of cyclic esters (lactones) is 1. The van der Waals surface area contributed by atoms with Gasteiger partial charge in [-0.25, -0.2) is 9.79 Å². The van der Waals surface area contributed by atoms with E-state index >= 15 is 0 Å². The van der Waals surface area contributed by atoms with Gasteiger partial charge in [-0.2, -0.15) is 0 Å². The Bertz CT molecular complexity index is 909. The second kappa shape index (κ2) is 7.75. The lowest BCUT2D eigenvalue weighted by molar-refractivity contribution is -0.384. The summed E-state index contributed by atoms with van der Waals surface area (Å²) in [7, 11) is 0. The van der Waals surface area contributed by atoms with E-state index in [1.54, 1.807) is 30.3 Å². The highest BCUT2D eigenvalue weighted by atomic mass is 35.5. The number of esters is 1. The summed E-state index contributed by atoms with van der Waals surface area (Å²) in [6.45, 7) is 3.80. The highest BCUT2D eigenvalue weighted by Crippen LogP contribution is 2.28. The van der Waals surface area contributed by atoms with Gasteiger partial charge in [0.1, 0.15) is 5.75 Å². The van der Waals surface area contributed by atoms with Gasteiger partial charge in [-0.1, -0.05) is 23.7 Å². The summed E-state index contributed by atoms with van der Waals surface area (Å²) in [5.74, 6) is 0.273. The molecule has 0 amide bonds. The van der Waals surface area contributed by atoms with Crippen LogP contribution in [0.3, 0.4) is 0 Å². The van der Waals surface area contributed by atoms with Crippen molar-refractivity contribution in [2.45, 2.75) is 32.4 Å². The molecule has 0 spiro atoms. The molecule has 0 saturated carbocycles. The summed E-state index contributed by atoms with van der Waals surface area (Å²) < 4.78 is 10.9. The van der Waals surface area contributed by atoms with E-state index in [-0.39, 0.29) is 17.7 Å². The number of carbonyl (C=O) groups is 1. The number of hydrogen-bond acceptors (Lipinski definition) is 6. The zero-order chi connectivity index (χ0) is 19.6. The summed E-state index contributed by atoms with van der Waals surface area (Å²) >= 11 is 6.22. The molecule has 1 aliphatic heterocycles. The van der Waals surface area contributed by atoms with E-state index in [0.717, 1.165) is 5.56 Å². The van der Waals surface area contributed by atoms with Gasteiger partial charge in [0.15, 0.2) is 6.04 Å². The summed E-state index contributed by atoms with van der Waals surface area (Å²) in [6, 6.07) is 10.4. The number of ether oxygens (including phenoxy) is 2. The fourth-order valence-corrected chi connectivity index (χ4v) is 2.83. The van der Waals surface area contributed by atoms with E-state index < -0.39 is 16.9 Å². The van der Waals surface area contributed by atoms with E-state index in [1.165, 1.54) is 12.1 Å². The van der Waals surface area contributed by atoms with Crippen LogP contribution in [-0.4, -0.2) is 28.9 Å². The van der Waals surface area contributed by atoms with Crippen LogP contribution < -0.4 is 4.74 Å². The lowest BCUT2D eigenvalue weighted by Crippen LogP contribution is -2.17. The van der Waals surface area contributed by atoms with Gasteiger partial charge in [-0.3, -0.25) is 10.1 Å². The first-order valence-electron chi connectivity index (χ1n) is 8.33. The molecule has 1 aliphatic rings. The predicted octanol–water partition coefficient (Wildman–Crippen LogP) is 3.95. The minimum atomic E-state index is -0.702. The standard InChI is InChI=1S/C19H17ClN2O5/c1-11(2)26-17-8-5-13(10-15(17)20)18-21-16(19(23)27-18)9-12-3-6-14(7-4-12)22(24)25/h3-8,10-11,16H,9H2,1-2H3. The normalized spacial score (nSPS) is 16.2. The molecule has 0 aliphatic carbocycles. The number of rotatable bonds is 6. The molecule has 2 aromatic carbocycles. The van der Waals surface area contributed by atoms with E-state index in [0.29, 0.717) is 22.8 Å². The van der Waals surface area contributed by atoms with Crippen molar-refractivity contribution in [3.63, 3.8) is 0 Å². The molecule has 0 bridgehead atoms. The molecule has 0 aromatic heterocycles. The van der Waals surface area contributed by atoms with Crippen molar-refractivity contribution in [3.05, 3.63) is 68.7 Å². The SMILES string of the molecule is CC(C)Oc1ccc(C2=NC(Cc3ccc([N+](=O)[O-])cc3)C(=O)O2)cc1Cl. The largest absolute Gasteiger partial charge is 0.489 e. The maximum atomic E-state index is 12.1. The van der Waals surface area contributed by atoms with Gasteiger partial charge in [-0.15, -0.1) is 0 Å². The highest BCUT2D eigenvalue weighted by Gasteiger charge is 2.30. The van der Waals surface area contributed by atoms with E-state index in [2.05, 4.69) is 4.99 Å². The molecule has 0 N–H and O–H groups in total. The van der Waals surface area contributed by atoms with Crippen LogP contribution in [0.15, 0.2) is 47.5 Å². The van der Waals surface area contributed by atoms with Gasteiger partial charge in [0.25, 0.3) is 5.69 Å². The molecular formula is C19H17ClN2O5. The maximum absolute atomic E-state index is 12.1. The number of nitrogens with zero attached hydrogens (tertiary/aromatic N) is 2. The molecule has 3 rings (SSSR count). The van der Waals surface area contributed by atoms with Gasteiger partial charge in [0.05, 0.1) is 16.0 Å². The maximum Gasteiger partial charge on any atom is 0.338 e. The number of non-ortho nitro benzene ring substituents is 1. The van der Waals surface area contributed by atoms with Crippen molar-refractivity contribution in [1.82, 2.24) is 0 Å². The third-order valence-corrected chi connectivity index (χ3v) is 4.16. The Labute approximate surface area is 160 Å². The Morgan fingerprint density at radius 2 is 1.96 bits per heavy atom. The summed E-state index contributed by atoms with van der Waals surface area (Å²) in [4.78, 5) is 26.7. The summed E-state index contributed by atoms with van der Waals surface area (Å²) in [6.07, 6.45) is 0.281. The first-order valence-corrected chi connectivity index (χ1v) is 8.70. The number of aliphatic imine (C=N–C) groups is 1. The van der Waals surface area contributed by atoms with Gasteiger partial charge >= 0.3 is 5.97 Å². The number of hydrogen-bond donors (Lipinski definition) is 0. The second-order valence-corrected chi connectivity index (χ2v) is 6.72. The monoisotopic (exact) mass is 388 g/mol. The van der Waals surface area contributed by atoms with E-state index in [9.17, 15) is 14.9 Å².